The Balaban J connectivity index is 1.27. The number of para-hydroxylation sites is 1. The van der Waals surface area contributed by atoms with Gasteiger partial charge in [-0.2, -0.15) is 0 Å². The number of rotatable bonds is 7. The first-order valence-electron chi connectivity index (χ1n) is 10.3. The molecule has 1 saturated heterocycles. The number of carbonyl (C=O) groups excluding carboxylic acids is 3. The van der Waals surface area contributed by atoms with Crippen LogP contribution in [0.25, 0.3) is 0 Å². The smallest absolute Gasteiger partial charge is 0.329 e. The van der Waals surface area contributed by atoms with Crippen molar-refractivity contribution >= 4 is 35.1 Å². The van der Waals surface area contributed by atoms with Gasteiger partial charge in [0.05, 0.1) is 11.3 Å². The molecule has 0 unspecified atom stereocenters. The highest BCUT2D eigenvalue weighted by molar-refractivity contribution is 6.32. The molecular weight excluding hydrogens is 448 g/mol. The van der Waals surface area contributed by atoms with Crippen LogP contribution in [0.15, 0.2) is 71.3 Å². The number of hydrogen-bond acceptors (Lipinski definition) is 6. The molecule has 1 N–H and O–H groups in total. The van der Waals surface area contributed by atoms with Crippen molar-refractivity contribution in [2.24, 2.45) is 0 Å². The van der Waals surface area contributed by atoms with E-state index < -0.39 is 24.5 Å². The van der Waals surface area contributed by atoms with Gasteiger partial charge in [0.1, 0.15) is 17.5 Å². The van der Waals surface area contributed by atoms with Crippen LogP contribution in [0.3, 0.4) is 0 Å². The molecule has 2 aromatic carbocycles. The minimum absolute atomic E-state index is 0.161. The van der Waals surface area contributed by atoms with Gasteiger partial charge in [-0.1, -0.05) is 23.7 Å². The number of nitrogens with one attached hydrogen (secondary N) is 1. The van der Waals surface area contributed by atoms with Gasteiger partial charge in [-0.25, -0.2) is 4.79 Å². The Bertz CT molecular complexity index is 1130. The number of halogens is 1. The second kappa shape index (κ2) is 10.2. The van der Waals surface area contributed by atoms with Crippen LogP contribution in [-0.4, -0.2) is 41.9 Å². The molecule has 2 heterocycles. The van der Waals surface area contributed by atoms with E-state index in [1.165, 1.54) is 11.2 Å². The van der Waals surface area contributed by atoms with Crippen LogP contribution in [0.4, 0.5) is 5.69 Å². The molecule has 1 atom stereocenters. The van der Waals surface area contributed by atoms with Gasteiger partial charge in [-0.05, 0) is 61.4 Å². The predicted molar refractivity (Wildman–Crippen MR) is 120 cm³/mol. The summed E-state index contributed by atoms with van der Waals surface area (Å²) >= 11 is 6.08. The van der Waals surface area contributed by atoms with Gasteiger partial charge in [0.15, 0.2) is 12.4 Å². The van der Waals surface area contributed by atoms with Gasteiger partial charge < -0.3 is 24.1 Å². The van der Waals surface area contributed by atoms with Crippen molar-refractivity contribution in [3.63, 3.8) is 0 Å². The first-order chi connectivity index (χ1) is 16.0. The average Bonchev–Trinajstić information content (AvgIpc) is 3.52. The Hall–Kier alpha value is -3.78. The number of hydrogen-bond donors (Lipinski definition) is 1. The van der Waals surface area contributed by atoms with E-state index in [1.54, 1.807) is 48.5 Å². The molecule has 8 nitrogen and oxygen atoms in total. The molecule has 1 fully saturated rings. The fraction of sp³-hybridized carbons (Fsp3) is 0.208. The molecule has 0 bridgehead atoms. The highest BCUT2D eigenvalue weighted by Gasteiger charge is 2.36. The first-order valence-corrected chi connectivity index (χ1v) is 10.7. The Labute approximate surface area is 195 Å². The lowest BCUT2D eigenvalue weighted by Gasteiger charge is -2.22. The van der Waals surface area contributed by atoms with E-state index in [1.807, 2.05) is 12.1 Å². The third-order valence-electron chi connectivity index (χ3n) is 5.07. The van der Waals surface area contributed by atoms with Crippen LogP contribution in [-0.2, 0) is 14.3 Å². The second-order valence-electron chi connectivity index (χ2n) is 7.35. The Morgan fingerprint density at radius 1 is 1.06 bits per heavy atom. The van der Waals surface area contributed by atoms with E-state index in [-0.39, 0.29) is 11.7 Å². The van der Waals surface area contributed by atoms with Crippen molar-refractivity contribution in [2.45, 2.75) is 18.9 Å². The lowest BCUT2D eigenvalue weighted by Crippen LogP contribution is -2.42. The maximum absolute atomic E-state index is 12.5. The highest BCUT2D eigenvalue weighted by Crippen LogP contribution is 2.29. The van der Waals surface area contributed by atoms with Gasteiger partial charge in [-0.15, -0.1) is 0 Å². The monoisotopic (exact) mass is 468 g/mol. The van der Waals surface area contributed by atoms with Gasteiger partial charge in [0.2, 0.25) is 0 Å². The summed E-state index contributed by atoms with van der Waals surface area (Å²) in [7, 11) is 0. The SMILES string of the molecule is O=C(COC(=O)[C@@H]1CCCN1C(=O)c1ccco1)Nc1ccc(Oc2ccccc2Cl)cc1. The predicted octanol–water partition coefficient (Wildman–Crippen LogP) is 4.51. The van der Waals surface area contributed by atoms with Crippen LogP contribution in [0.5, 0.6) is 11.5 Å². The van der Waals surface area contributed by atoms with Crippen LogP contribution < -0.4 is 10.1 Å². The molecule has 0 aliphatic carbocycles. The molecule has 170 valence electrons. The van der Waals surface area contributed by atoms with E-state index in [0.717, 1.165) is 0 Å². The molecule has 2 amide bonds. The van der Waals surface area contributed by atoms with E-state index in [2.05, 4.69) is 5.32 Å². The van der Waals surface area contributed by atoms with Crippen molar-refractivity contribution in [1.29, 1.82) is 0 Å². The van der Waals surface area contributed by atoms with Gasteiger partial charge in [0.25, 0.3) is 11.8 Å². The molecule has 1 aromatic heterocycles. The average molecular weight is 469 g/mol. The summed E-state index contributed by atoms with van der Waals surface area (Å²) in [6.45, 7) is -0.0376. The summed E-state index contributed by atoms with van der Waals surface area (Å²) in [4.78, 5) is 38.6. The van der Waals surface area contributed by atoms with E-state index in [0.29, 0.717) is 41.6 Å². The molecular formula is C24H21ClN2O6. The van der Waals surface area contributed by atoms with E-state index in [4.69, 9.17) is 25.5 Å². The number of amides is 2. The zero-order chi connectivity index (χ0) is 23.2. The van der Waals surface area contributed by atoms with E-state index >= 15 is 0 Å². The van der Waals surface area contributed by atoms with Crippen LogP contribution in [0.1, 0.15) is 23.4 Å². The fourth-order valence-corrected chi connectivity index (χ4v) is 3.66. The second-order valence-corrected chi connectivity index (χ2v) is 7.75. The standard InChI is InChI=1S/C24H21ClN2O6/c25-18-5-1-2-7-20(18)33-17-11-9-16(10-12-17)26-22(28)15-32-24(30)19-6-3-13-27(19)23(29)21-8-4-14-31-21/h1-2,4-5,7-12,14,19H,3,6,13,15H2,(H,26,28)/t19-/m0/s1. The quantitative estimate of drug-likeness (QED) is 0.512. The largest absolute Gasteiger partial charge is 0.459 e. The van der Waals surface area contributed by atoms with Crippen molar-refractivity contribution in [2.75, 3.05) is 18.5 Å². The lowest BCUT2D eigenvalue weighted by molar-refractivity contribution is -0.151. The number of likely N-dealkylation sites (tertiary alicyclic amines) is 1. The molecule has 4 rings (SSSR count). The normalized spacial score (nSPS) is 15.2. The topological polar surface area (TPSA) is 98.1 Å². The van der Waals surface area contributed by atoms with Crippen molar-refractivity contribution < 1.29 is 28.3 Å². The molecule has 1 aliphatic heterocycles. The number of furan rings is 1. The molecule has 0 radical (unpaired) electrons. The van der Waals surface area contributed by atoms with Crippen LogP contribution in [0, 0.1) is 0 Å². The minimum atomic E-state index is -0.739. The zero-order valence-electron chi connectivity index (χ0n) is 17.5. The number of anilines is 1. The first kappa shape index (κ1) is 22.4. The highest BCUT2D eigenvalue weighted by atomic mass is 35.5. The Morgan fingerprint density at radius 3 is 2.58 bits per heavy atom. The molecule has 33 heavy (non-hydrogen) atoms. The number of carbonyl (C=O) groups is 3. The van der Waals surface area contributed by atoms with Crippen molar-refractivity contribution in [1.82, 2.24) is 4.90 Å². The summed E-state index contributed by atoms with van der Waals surface area (Å²) in [6.07, 6.45) is 2.54. The van der Waals surface area contributed by atoms with E-state index in [9.17, 15) is 14.4 Å². The molecule has 1 aliphatic rings. The van der Waals surface area contributed by atoms with Crippen LogP contribution >= 0.6 is 11.6 Å². The zero-order valence-corrected chi connectivity index (χ0v) is 18.3. The minimum Gasteiger partial charge on any atom is -0.459 e. The van der Waals surface area contributed by atoms with Crippen molar-refractivity contribution in [3.8, 4) is 11.5 Å². The third-order valence-corrected chi connectivity index (χ3v) is 5.38. The lowest BCUT2D eigenvalue weighted by atomic mass is 10.2. The third kappa shape index (κ3) is 5.53. The maximum Gasteiger partial charge on any atom is 0.329 e. The van der Waals surface area contributed by atoms with Gasteiger partial charge in [-0.3, -0.25) is 9.59 Å². The Kier molecular flexibility index (Phi) is 6.95. The number of nitrogens with zero attached hydrogens (tertiary/aromatic N) is 1. The van der Waals surface area contributed by atoms with Crippen LogP contribution in [0.2, 0.25) is 5.02 Å². The summed E-state index contributed by atoms with van der Waals surface area (Å²) in [5.41, 5.74) is 0.512. The van der Waals surface area contributed by atoms with Gasteiger partial charge in [0, 0.05) is 12.2 Å². The summed E-state index contributed by atoms with van der Waals surface area (Å²) in [6, 6.07) is 16.2. The van der Waals surface area contributed by atoms with Gasteiger partial charge >= 0.3 is 5.97 Å². The number of ether oxygens (including phenoxy) is 2. The molecule has 0 saturated carbocycles. The maximum atomic E-state index is 12.5. The summed E-state index contributed by atoms with van der Waals surface area (Å²) in [5, 5.41) is 3.14. The van der Waals surface area contributed by atoms with Crippen molar-refractivity contribution in [3.05, 3.63) is 77.7 Å². The number of benzene rings is 2. The molecule has 0 spiro atoms. The Morgan fingerprint density at radius 2 is 1.85 bits per heavy atom. The number of esters is 1. The summed E-state index contributed by atoms with van der Waals surface area (Å²) in [5.74, 6) is -0.252. The summed E-state index contributed by atoms with van der Waals surface area (Å²) < 4.78 is 16.0. The molecule has 3 aromatic rings. The fourth-order valence-electron chi connectivity index (χ4n) is 3.49. The molecule has 9 heteroatoms.